The van der Waals surface area contributed by atoms with Crippen molar-refractivity contribution in [2.75, 3.05) is 0 Å². The van der Waals surface area contributed by atoms with Crippen molar-refractivity contribution in [3.05, 3.63) is 63.1 Å². The number of nitrogens with zero attached hydrogens (tertiary/aromatic N) is 1. The van der Waals surface area contributed by atoms with Gasteiger partial charge in [0.1, 0.15) is 5.75 Å². The molecule has 0 aliphatic carbocycles. The predicted molar refractivity (Wildman–Crippen MR) is 96.2 cm³/mol. The third kappa shape index (κ3) is 5.37. The lowest BCUT2D eigenvalue weighted by Gasteiger charge is -2.14. The van der Waals surface area contributed by atoms with E-state index in [0.29, 0.717) is 10.8 Å². The molecule has 0 aliphatic heterocycles. The molecule has 0 unspecified atom stereocenters. The number of hydrogen-bond donors (Lipinski definition) is 1. The monoisotopic (exact) mass is 394 g/mol. The molecule has 0 bridgehead atoms. The van der Waals surface area contributed by atoms with Gasteiger partial charge in [-0.05, 0) is 55.3 Å². The SMILES string of the molecule is Cc1cc(Cl)ccc1O[C@H](C)C(=O)N/N=C\c1ccc(Br)cc1. The van der Waals surface area contributed by atoms with Gasteiger partial charge in [0.2, 0.25) is 0 Å². The fraction of sp³-hybridized carbons (Fsp3) is 0.176. The minimum atomic E-state index is -0.669. The summed E-state index contributed by atoms with van der Waals surface area (Å²) in [6, 6.07) is 12.8. The molecule has 0 spiro atoms. The molecule has 1 amide bonds. The van der Waals surface area contributed by atoms with E-state index in [0.717, 1.165) is 15.6 Å². The van der Waals surface area contributed by atoms with Gasteiger partial charge < -0.3 is 4.74 Å². The van der Waals surface area contributed by atoms with Crippen LogP contribution in [0.3, 0.4) is 0 Å². The second-order valence-electron chi connectivity index (χ2n) is 4.96. The van der Waals surface area contributed by atoms with E-state index in [2.05, 4.69) is 26.5 Å². The summed E-state index contributed by atoms with van der Waals surface area (Å²) in [5, 5.41) is 4.56. The van der Waals surface area contributed by atoms with Gasteiger partial charge in [-0.25, -0.2) is 5.43 Å². The number of halogens is 2. The highest BCUT2D eigenvalue weighted by molar-refractivity contribution is 9.10. The molecule has 0 aliphatic rings. The Bertz CT molecular complexity index is 717. The Balaban J connectivity index is 1.90. The molecule has 1 N–H and O–H groups in total. The molecule has 2 aromatic rings. The lowest BCUT2D eigenvalue weighted by Crippen LogP contribution is -2.33. The lowest BCUT2D eigenvalue weighted by molar-refractivity contribution is -0.127. The Kier molecular flexibility index (Phi) is 6.19. The fourth-order valence-electron chi connectivity index (χ4n) is 1.80. The average Bonchev–Trinajstić information content (AvgIpc) is 2.51. The number of hydrogen-bond acceptors (Lipinski definition) is 3. The maximum atomic E-state index is 12.0. The van der Waals surface area contributed by atoms with E-state index < -0.39 is 6.10 Å². The van der Waals surface area contributed by atoms with Gasteiger partial charge in [-0.2, -0.15) is 5.10 Å². The second-order valence-corrected chi connectivity index (χ2v) is 6.31. The number of amides is 1. The van der Waals surface area contributed by atoms with Crippen LogP contribution < -0.4 is 10.2 Å². The minimum absolute atomic E-state index is 0.326. The summed E-state index contributed by atoms with van der Waals surface area (Å²) in [4.78, 5) is 12.0. The molecule has 2 rings (SSSR count). The lowest BCUT2D eigenvalue weighted by atomic mass is 10.2. The fourth-order valence-corrected chi connectivity index (χ4v) is 2.29. The number of nitrogens with one attached hydrogen (secondary N) is 1. The molecule has 0 heterocycles. The van der Waals surface area contributed by atoms with Crippen LogP contribution in [-0.2, 0) is 4.79 Å². The van der Waals surface area contributed by atoms with Crippen LogP contribution in [0, 0.1) is 6.92 Å². The van der Waals surface area contributed by atoms with Gasteiger partial charge in [0.05, 0.1) is 6.21 Å². The molecule has 0 aromatic heterocycles. The number of hydrazone groups is 1. The summed E-state index contributed by atoms with van der Waals surface area (Å²) in [6.45, 7) is 3.54. The van der Waals surface area contributed by atoms with Crippen LogP contribution >= 0.6 is 27.5 Å². The van der Waals surface area contributed by atoms with Gasteiger partial charge in [0.15, 0.2) is 6.10 Å². The first-order chi connectivity index (χ1) is 11.0. The first-order valence-electron chi connectivity index (χ1n) is 6.97. The van der Waals surface area contributed by atoms with Crippen LogP contribution in [-0.4, -0.2) is 18.2 Å². The Morgan fingerprint density at radius 3 is 2.65 bits per heavy atom. The Morgan fingerprint density at radius 1 is 1.30 bits per heavy atom. The van der Waals surface area contributed by atoms with Gasteiger partial charge in [-0.1, -0.05) is 39.7 Å². The highest BCUT2D eigenvalue weighted by Gasteiger charge is 2.15. The maximum Gasteiger partial charge on any atom is 0.280 e. The topological polar surface area (TPSA) is 50.7 Å². The van der Waals surface area contributed by atoms with Crippen LogP contribution in [0.1, 0.15) is 18.1 Å². The van der Waals surface area contributed by atoms with E-state index in [-0.39, 0.29) is 5.91 Å². The van der Waals surface area contributed by atoms with Crippen LogP contribution in [0.25, 0.3) is 0 Å². The van der Waals surface area contributed by atoms with E-state index in [4.69, 9.17) is 16.3 Å². The summed E-state index contributed by atoms with van der Waals surface area (Å²) in [6.07, 6.45) is 0.905. The van der Waals surface area contributed by atoms with Gasteiger partial charge in [-0.15, -0.1) is 0 Å². The highest BCUT2D eigenvalue weighted by atomic mass is 79.9. The summed E-state index contributed by atoms with van der Waals surface area (Å²) in [5.41, 5.74) is 4.22. The van der Waals surface area contributed by atoms with E-state index in [1.54, 1.807) is 31.3 Å². The molecule has 6 heteroatoms. The normalized spacial score (nSPS) is 12.2. The standard InChI is InChI=1S/C17H16BrClN2O2/c1-11-9-15(19)7-8-16(11)23-12(2)17(22)21-20-10-13-3-5-14(18)6-4-13/h3-10,12H,1-2H3,(H,21,22)/b20-10-/t12-/m1/s1. The van der Waals surface area contributed by atoms with Gasteiger partial charge in [-0.3, -0.25) is 4.79 Å². The first-order valence-corrected chi connectivity index (χ1v) is 8.14. The average molecular weight is 396 g/mol. The zero-order valence-electron chi connectivity index (χ0n) is 12.7. The smallest absolute Gasteiger partial charge is 0.280 e. The van der Waals surface area contributed by atoms with E-state index >= 15 is 0 Å². The Morgan fingerprint density at radius 2 is 2.00 bits per heavy atom. The van der Waals surface area contributed by atoms with Crippen molar-refractivity contribution in [1.82, 2.24) is 5.43 Å². The Hall–Kier alpha value is -1.85. The summed E-state index contributed by atoms with van der Waals surface area (Å²) < 4.78 is 6.61. The maximum absolute atomic E-state index is 12.0. The van der Waals surface area contributed by atoms with E-state index in [1.807, 2.05) is 31.2 Å². The molecule has 4 nitrogen and oxygen atoms in total. The predicted octanol–water partition coefficient (Wildman–Crippen LogP) is 4.33. The molecule has 23 heavy (non-hydrogen) atoms. The van der Waals surface area contributed by atoms with Crippen molar-refractivity contribution < 1.29 is 9.53 Å². The number of ether oxygens (including phenoxy) is 1. The van der Waals surface area contributed by atoms with E-state index in [9.17, 15) is 4.79 Å². The Labute approximate surface area is 148 Å². The number of carbonyl (C=O) groups is 1. The molecule has 0 saturated carbocycles. The van der Waals surface area contributed by atoms with E-state index in [1.165, 1.54) is 0 Å². The zero-order chi connectivity index (χ0) is 16.8. The second kappa shape index (κ2) is 8.13. The van der Waals surface area contributed by atoms with Crippen LogP contribution in [0.15, 0.2) is 52.0 Å². The number of benzene rings is 2. The first kappa shape index (κ1) is 17.5. The van der Waals surface area contributed by atoms with Crippen molar-refractivity contribution in [2.24, 2.45) is 5.10 Å². The van der Waals surface area contributed by atoms with Crippen molar-refractivity contribution in [3.8, 4) is 5.75 Å². The molecule has 0 saturated heterocycles. The molecule has 120 valence electrons. The van der Waals surface area contributed by atoms with Crippen molar-refractivity contribution in [1.29, 1.82) is 0 Å². The van der Waals surface area contributed by atoms with Crippen LogP contribution in [0.4, 0.5) is 0 Å². The van der Waals surface area contributed by atoms with Crippen molar-refractivity contribution >= 4 is 39.7 Å². The molecule has 2 aromatic carbocycles. The molecule has 1 atom stereocenters. The summed E-state index contributed by atoms with van der Waals surface area (Å²) in [7, 11) is 0. The quantitative estimate of drug-likeness (QED) is 0.605. The number of rotatable bonds is 5. The van der Waals surface area contributed by atoms with Gasteiger partial charge in [0, 0.05) is 9.50 Å². The zero-order valence-corrected chi connectivity index (χ0v) is 15.1. The molecule has 0 radical (unpaired) electrons. The van der Waals surface area contributed by atoms with Crippen LogP contribution in [0.2, 0.25) is 5.02 Å². The van der Waals surface area contributed by atoms with Crippen LogP contribution in [0.5, 0.6) is 5.75 Å². The highest BCUT2D eigenvalue weighted by Crippen LogP contribution is 2.22. The third-order valence-corrected chi connectivity index (χ3v) is 3.83. The molecular weight excluding hydrogens is 380 g/mol. The summed E-state index contributed by atoms with van der Waals surface area (Å²) >= 11 is 9.25. The minimum Gasteiger partial charge on any atom is -0.481 e. The number of carbonyl (C=O) groups excluding carboxylic acids is 1. The van der Waals surface area contributed by atoms with Crippen molar-refractivity contribution in [2.45, 2.75) is 20.0 Å². The number of aryl methyl sites for hydroxylation is 1. The van der Waals surface area contributed by atoms with Gasteiger partial charge >= 0.3 is 0 Å². The third-order valence-electron chi connectivity index (χ3n) is 3.07. The summed E-state index contributed by atoms with van der Waals surface area (Å²) in [5.74, 6) is 0.293. The molecular formula is C17H16BrClN2O2. The largest absolute Gasteiger partial charge is 0.481 e. The molecule has 0 fully saturated rings. The van der Waals surface area contributed by atoms with Gasteiger partial charge in [0.25, 0.3) is 5.91 Å². The van der Waals surface area contributed by atoms with Crippen molar-refractivity contribution in [3.63, 3.8) is 0 Å².